The third-order valence-electron chi connectivity index (χ3n) is 13.6. The van der Waals surface area contributed by atoms with Crippen LogP contribution in [0.15, 0.2) is 271 Å². The van der Waals surface area contributed by atoms with Crippen molar-refractivity contribution >= 4 is 56.1 Å². The molecule has 0 spiro atoms. The summed E-state index contributed by atoms with van der Waals surface area (Å²) >= 11 is 0. The maximum Gasteiger partial charge on any atom is 0.135 e. The Morgan fingerprint density at radius 3 is 0.930 bits per heavy atom. The molecule has 0 radical (unpaired) electrons. The van der Waals surface area contributed by atoms with Gasteiger partial charge in [-0.1, -0.05) is 169 Å². The fourth-order valence-electron chi connectivity index (χ4n) is 9.79. The zero-order valence-corrected chi connectivity index (χ0v) is 39.7. The summed E-state index contributed by atoms with van der Waals surface area (Å²) < 4.78 is 6.27. The first-order valence-electron chi connectivity index (χ1n) is 24.3. The predicted octanol–water partition coefficient (Wildman–Crippen LogP) is 19.5. The molecule has 0 saturated heterocycles. The molecule has 0 unspecified atom stereocenters. The van der Waals surface area contributed by atoms with Crippen molar-refractivity contribution < 1.29 is 4.42 Å². The molecule has 0 atom stereocenters. The quantitative estimate of drug-likeness (QED) is 0.129. The molecule has 12 rings (SSSR count). The zero-order valence-electron chi connectivity index (χ0n) is 39.7. The summed E-state index contributed by atoms with van der Waals surface area (Å²) in [6, 6.07) is 96.3. The van der Waals surface area contributed by atoms with Gasteiger partial charge >= 0.3 is 0 Å². The number of para-hydroxylation sites is 1. The van der Waals surface area contributed by atoms with Gasteiger partial charge in [-0.15, -0.1) is 0 Å². The predicted molar refractivity (Wildman–Crippen MR) is 300 cm³/mol. The summed E-state index contributed by atoms with van der Waals surface area (Å²) in [4.78, 5) is 4.67. The van der Waals surface area contributed by atoms with Crippen LogP contribution >= 0.6 is 0 Å². The topological polar surface area (TPSA) is 19.6 Å². The normalized spacial score (nSPS) is 11.2. The summed E-state index contributed by atoms with van der Waals surface area (Å²) in [6.07, 6.45) is 0. The first-order chi connectivity index (χ1) is 35.0. The Hall–Kier alpha value is -9.18. The second-order valence-corrected chi connectivity index (χ2v) is 18.4. The largest absolute Gasteiger partial charge is 0.456 e. The van der Waals surface area contributed by atoms with Gasteiger partial charge in [-0.3, -0.25) is 0 Å². The Balaban J connectivity index is 0.935. The number of furan rings is 1. The molecule has 0 amide bonds. The van der Waals surface area contributed by atoms with Gasteiger partial charge in [0.2, 0.25) is 0 Å². The minimum atomic E-state index is 0.887. The number of fused-ring (bicyclic) bond motifs is 3. The lowest BCUT2D eigenvalue weighted by Crippen LogP contribution is -2.09. The molecule has 1 heterocycles. The molecule has 3 nitrogen and oxygen atoms in total. The van der Waals surface area contributed by atoms with Crippen molar-refractivity contribution in [3.05, 3.63) is 278 Å². The highest BCUT2D eigenvalue weighted by atomic mass is 16.3. The molecule has 0 N–H and O–H groups in total. The van der Waals surface area contributed by atoms with Gasteiger partial charge in [0.1, 0.15) is 11.2 Å². The van der Waals surface area contributed by atoms with E-state index in [0.717, 1.165) is 89.4 Å². The minimum Gasteiger partial charge on any atom is -0.456 e. The van der Waals surface area contributed by atoms with Gasteiger partial charge in [0, 0.05) is 44.9 Å². The maximum absolute atomic E-state index is 6.27. The van der Waals surface area contributed by atoms with Gasteiger partial charge in [-0.2, -0.15) is 0 Å². The van der Waals surface area contributed by atoms with E-state index < -0.39 is 0 Å². The van der Waals surface area contributed by atoms with Crippen molar-refractivity contribution in [3.63, 3.8) is 0 Å². The monoisotopic (exact) mass is 910 g/mol. The highest BCUT2D eigenvalue weighted by molar-refractivity contribution is 6.06. The molecule has 0 aliphatic heterocycles. The molecule has 0 saturated carbocycles. The standard InChI is InChI=1S/C68H50N2O/c1-47-17-30-59(31-18-47)69(61-34-21-51(22-35-61)49-11-5-3-6-12-49)63-38-25-53(26-39-63)56-43-57(45-58(44-56)55-29-42-68-66(46-55)65-15-9-10-16-67(65)71-68)54-27-40-64(41-28-54)70(60-32-19-48(2)20-33-60)62-36-23-52(24-37-62)50-13-7-4-8-14-50/h3-46H,1-2H3. The van der Waals surface area contributed by atoms with Gasteiger partial charge in [-0.05, 0) is 179 Å². The van der Waals surface area contributed by atoms with Crippen molar-refractivity contribution in [1.29, 1.82) is 0 Å². The number of hydrogen-bond acceptors (Lipinski definition) is 3. The van der Waals surface area contributed by atoms with Crippen molar-refractivity contribution in [3.8, 4) is 55.6 Å². The molecule has 1 aromatic heterocycles. The van der Waals surface area contributed by atoms with Crippen LogP contribution in [0.1, 0.15) is 11.1 Å². The molecule has 11 aromatic carbocycles. The molecular formula is C68H50N2O. The lowest BCUT2D eigenvalue weighted by atomic mass is 9.92. The van der Waals surface area contributed by atoms with Crippen molar-refractivity contribution in [2.24, 2.45) is 0 Å². The van der Waals surface area contributed by atoms with E-state index >= 15 is 0 Å². The second kappa shape index (κ2) is 18.7. The molecule has 12 aromatic rings. The van der Waals surface area contributed by atoms with E-state index in [0.29, 0.717) is 0 Å². The molecule has 0 aliphatic rings. The third kappa shape index (κ3) is 8.78. The first-order valence-corrected chi connectivity index (χ1v) is 24.3. The van der Waals surface area contributed by atoms with Crippen LogP contribution in [0.25, 0.3) is 77.6 Å². The Labute approximate surface area is 415 Å². The number of benzene rings is 11. The van der Waals surface area contributed by atoms with E-state index in [9.17, 15) is 0 Å². The summed E-state index contributed by atoms with van der Waals surface area (Å²) in [5.41, 5.74) is 22.4. The summed E-state index contributed by atoms with van der Waals surface area (Å²) in [5.74, 6) is 0. The number of anilines is 6. The average molecular weight is 911 g/mol. The van der Waals surface area contributed by atoms with E-state index in [4.69, 9.17) is 4.42 Å². The molecule has 71 heavy (non-hydrogen) atoms. The highest BCUT2D eigenvalue weighted by Crippen LogP contribution is 2.42. The SMILES string of the molecule is Cc1ccc(N(c2ccc(-c3ccccc3)cc2)c2ccc(-c3cc(-c4ccc(N(c5ccc(C)cc5)c5ccc(-c6ccccc6)cc5)cc4)cc(-c4ccc5oc6ccccc6c5c4)c3)cc2)cc1. The minimum absolute atomic E-state index is 0.887. The summed E-state index contributed by atoms with van der Waals surface area (Å²) in [5, 5.41) is 2.23. The molecule has 0 fully saturated rings. The smallest absolute Gasteiger partial charge is 0.135 e. The summed E-state index contributed by atoms with van der Waals surface area (Å²) in [7, 11) is 0. The van der Waals surface area contributed by atoms with Gasteiger partial charge < -0.3 is 14.2 Å². The fourth-order valence-corrected chi connectivity index (χ4v) is 9.79. The lowest BCUT2D eigenvalue weighted by molar-refractivity contribution is 0.669. The van der Waals surface area contributed by atoms with Gasteiger partial charge in [0.05, 0.1) is 0 Å². The van der Waals surface area contributed by atoms with Crippen LogP contribution in [0.4, 0.5) is 34.1 Å². The summed E-state index contributed by atoms with van der Waals surface area (Å²) in [6.45, 7) is 4.27. The van der Waals surface area contributed by atoms with Crippen LogP contribution < -0.4 is 9.80 Å². The van der Waals surface area contributed by atoms with E-state index in [1.54, 1.807) is 0 Å². The fraction of sp³-hybridized carbons (Fsp3) is 0.0294. The Morgan fingerprint density at radius 2 is 0.521 bits per heavy atom. The van der Waals surface area contributed by atoms with Crippen LogP contribution in [0.3, 0.4) is 0 Å². The number of rotatable bonds is 11. The van der Waals surface area contributed by atoms with Crippen molar-refractivity contribution in [1.82, 2.24) is 0 Å². The van der Waals surface area contributed by atoms with Crippen molar-refractivity contribution in [2.75, 3.05) is 9.80 Å². The number of aryl methyl sites for hydroxylation is 2. The Bertz CT molecular complexity index is 3570. The maximum atomic E-state index is 6.27. The number of hydrogen-bond donors (Lipinski definition) is 0. The van der Waals surface area contributed by atoms with E-state index in [-0.39, 0.29) is 0 Å². The van der Waals surface area contributed by atoms with E-state index in [1.807, 2.05) is 12.1 Å². The Kier molecular flexibility index (Phi) is 11.4. The van der Waals surface area contributed by atoms with Crippen LogP contribution in [-0.4, -0.2) is 0 Å². The van der Waals surface area contributed by atoms with Crippen LogP contribution in [0, 0.1) is 13.8 Å². The molecule has 0 bridgehead atoms. The average Bonchev–Trinajstić information content (AvgIpc) is 3.81. The molecule has 0 aliphatic carbocycles. The first kappa shape index (κ1) is 43.1. The highest BCUT2D eigenvalue weighted by Gasteiger charge is 2.17. The van der Waals surface area contributed by atoms with Crippen LogP contribution in [0.2, 0.25) is 0 Å². The zero-order chi connectivity index (χ0) is 47.7. The second-order valence-electron chi connectivity index (χ2n) is 18.4. The van der Waals surface area contributed by atoms with E-state index in [2.05, 4.69) is 278 Å². The van der Waals surface area contributed by atoms with Gasteiger partial charge in [0.15, 0.2) is 0 Å². The van der Waals surface area contributed by atoms with Crippen LogP contribution in [0.5, 0.6) is 0 Å². The molecule has 338 valence electrons. The Morgan fingerprint density at radius 1 is 0.225 bits per heavy atom. The van der Waals surface area contributed by atoms with Gasteiger partial charge in [0.25, 0.3) is 0 Å². The molecule has 3 heteroatoms. The van der Waals surface area contributed by atoms with E-state index in [1.165, 1.54) is 33.4 Å². The van der Waals surface area contributed by atoms with Gasteiger partial charge in [-0.25, -0.2) is 0 Å². The number of nitrogens with zero attached hydrogens (tertiary/aromatic N) is 2. The lowest BCUT2D eigenvalue weighted by Gasteiger charge is -2.26. The molecular weight excluding hydrogens is 861 g/mol. The third-order valence-corrected chi connectivity index (χ3v) is 13.6. The van der Waals surface area contributed by atoms with Crippen molar-refractivity contribution in [2.45, 2.75) is 13.8 Å². The van der Waals surface area contributed by atoms with Crippen LogP contribution in [-0.2, 0) is 0 Å².